The number of aromatic nitrogens is 1. The number of hydrogen-bond donors (Lipinski definition) is 4. The van der Waals surface area contributed by atoms with Gasteiger partial charge in [-0.05, 0) is 49.4 Å². The van der Waals surface area contributed by atoms with E-state index >= 15 is 0 Å². The Morgan fingerprint density at radius 1 is 0.973 bits per heavy atom. The number of aromatic hydroxyl groups is 1. The molecule has 0 aliphatic rings. The van der Waals surface area contributed by atoms with Crippen molar-refractivity contribution < 1.29 is 23.1 Å². The summed E-state index contributed by atoms with van der Waals surface area (Å²) in [5.74, 6) is -1.29. The van der Waals surface area contributed by atoms with Gasteiger partial charge in [0.2, 0.25) is 21.8 Å². The number of rotatable bonds is 8. The number of carbonyl (C=O) groups is 2. The van der Waals surface area contributed by atoms with Crippen molar-refractivity contribution in [3.8, 4) is 5.88 Å². The number of sulfonamides is 1. The lowest BCUT2D eigenvalue weighted by Crippen LogP contribution is -2.18. The zero-order valence-electron chi connectivity index (χ0n) is 19.7. The molecule has 4 aromatic rings. The summed E-state index contributed by atoms with van der Waals surface area (Å²) < 4.78 is 24.1. The zero-order valence-corrected chi connectivity index (χ0v) is 20.6. The van der Waals surface area contributed by atoms with Gasteiger partial charge in [0.15, 0.2) is 5.69 Å². The second kappa shape index (κ2) is 10.6. The molecule has 0 unspecified atom stereocenters. The predicted molar refractivity (Wildman–Crippen MR) is 139 cm³/mol. The maximum Gasteiger partial charge on any atom is 0.283 e. The van der Waals surface area contributed by atoms with Gasteiger partial charge in [0.25, 0.3) is 5.91 Å². The molecule has 0 fully saturated rings. The molecular weight excluding hydrogens is 496 g/mol. The van der Waals surface area contributed by atoms with E-state index in [2.05, 4.69) is 20.9 Å². The van der Waals surface area contributed by atoms with Gasteiger partial charge in [0.05, 0.1) is 17.0 Å². The van der Waals surface area contributed by atoms with Gasteiger partial charge in [-0.15, -0.1) is 10.2 Å². The minimum absolute atomic E-state index is 0.0523. The van der Waals surface area contributed by atoms with Gasteiger partial charge in [-0.2, -0.15) is 0 Å². The fourth-order valence-electron chi connectivity index (χ4n) is 3.59. The fourth-order valence-corrected chi connectivity index (χ4v) is 4.11. The van der Waals surface area contributed by atoms with Crippen LogP contribution in [0, 0.1) is 6.92 Å². The van der Waals surface area contributed by atoms with Gasteiger partial charge in [-0.3, -0.25) is 9.59 Å². The SMILES string of the molecule is Cc1ccc(NC(=O)Cn2c(O)c(N=NC(=O)CNc3ccc(S(N)(=O)=O)cc3)c3ccccc32)cc1. The van der Waals surface area contributed by atoms with E-state index in [9.17, 15) is 23.1 Å². The van der Waals surface area contributed by atoms with Crippen LogP contribution in [0.5, 0.6) is 5.88 Å². The average molecular weight is 521 g/mol. The summed E-state index contributed by atoms with van der Waals surface area (Å²) in [5, 5.41) is 29.6. The molecule has 0 spiro atoms. The van der Waals surface area contributed by atoms with E-state index in [1.165, 1.54) is 28.8 Å². The Hall–Kier alpha value is -4.55. The summed E-state index contributed by atoms with van der Waals surface area (Å²) in [7, 11) is -3.81. The van der Waals surface area contributed by atoms with Crippen LogP contribution < -0.4 is 15.8 Å². The Labute approximate surface area is 212 Å². The maximum atomic E-state index is 12.6. The number of hydrogen-bond acceptors (Lipinski definition) is 7. The number of para-hydroxylation sites is 1. The van der Waals surface area contributed by atoms with E-state index in [0.29, 0.717) is 22.3 Å². The fraction of sp³-hybridized carbons (Fsp3) is 0.120. The van der Waals surface area contributed by atoms with Crippen LogP contribution >= 0.6 is 0 Å². The van der Waals surface area contributed by atoms with Crippen LogP contribution in [-0.2, 0) is 26.2 Å². The summed E-state index contributed by atoms with van der Waals surface area (Å²) in [5.41, 5.74) is 2.78. The number of fused-ring (bicyclic) bond motifs is 1. The first-order valence-corrected chi connectivity index (χ1v) is 12.6. The van der Waals surface area contributed by atoms with Gasteiger partial charge >= 0.3 is 0 Å². The lowest BCUT2D eigenvalue weighted by atomic mass is 10.2. The second-order valence-corrected chi connectivity index (χ2v) is 9.77. The summed E-state index contributed by atoms with van der Waals surface area (Å²) in [6.45, 7) is 1.54. The van der Waals surface area contributed by atoms with Crippen LogP contribution in [0.3, 0.4) is 0 Å². The number of anilines is 2. The number of benzene rings is 3. The molecule has 0 aliphatic heterocycles. The number of amides is 2. The van der Waals surface area contributed by atoms with E-state index in [0.717, 1.165) is 5.56 Å². The molecule has 5 N–H and O–H groups in total. The molecule has 0 saturated carbocycles. The molecule has 3 aromatic carbocycles. The number of nitrogens with two attached hydrogens (primary N) is 1. The van der Waals surface area contributed by atoms with Crippen molar-refractivity contribution in [2.75, 3.05) is 17.2 Å². The molecule has 4 rings (SSSR count). The highest BCUT2D eigenvalue weighted by Gasteiger charge is 2.19. The van der Waals surface area contributed by atoms with Crippen molar-refractivity contribution in [2.45, 2.75) is 18.4 Å². The van der Waals surface area contributed by atoms with E-state index < -0.39 is 15.9 Å². The molecule has 11 nitrogen and oxygen atoms in total. The third-order valence-corrected chi connectivity index (χ3v) is 6.37. The predicted octanol–water partition coefficient (Wildman–Crippen LogP) is 3.66. The van der Waals surface area contributed by atoms with Gasteiger partial charge in [-0.25, -0.2) is 13.6 Å². The monoisotopic (exact) mass is 520 g/mol. The second-order valence-electron chi connectivity index (χ2n) is 8.21. The number of carbonyl (C=O) groups excluding carboxylic acids is 2. The Bertz CT molecular complexity index is 1590. The first kappa shape index (κ1) is 25.5. The highest BCUT2D eigenvalue weighted by molar-refractivity contribution is 7.89. The van der Waals surface area contributed by atoms with E-state index in [1.807, 2.05) is 19.1 Å². The first-order chi connectivity index (χ1) is 17.6. The largest absolute Gasteiger partial charge is 0.493 e. The Balaban J connectivity index is 1.47. The third kappa shape index (κ3) is 6.18. The lowest BCUT2D eigenvalue weighted by molar-refractivity contribution is -0.117. The van der Waals surface area contributed by atoms with E-state index in [4.69, 9.17) is 5.14 Å². The Morgan fingerprint density at radius 2 is 1.62 bits per heavy atom. The molecule has 0 atom stereocenters. The lowest BCUT2D eigenvalue weighted by Gasteiger charge is -2.08. The number of nitrogens with one attached hydrogen (secondary N) is 2. The van der Waals surface area contributed by atoms with Crippen LogP contribution in [0.15, 0.2) is 87.9 Å². The number of azo groups is 1. The molecule has 0 bridgehead atoms. The number of primary sulfonamides is 1. The van der Waals surface area contributed by atoms with Crippen LogP contribution in [0.4, 0.5) is 17.1 Å². The highest BCUT2D eigenvalue weighted by atomic mass is 32.2. The molecule has 37 heavy (non-hydrogen) atoms. The molecule has 0 radical (unpaired) electrons. The van der Waals surface area contributed by atoms with Gasteiger partial charge in [0, 0.05) is 16.8 Å². The quantitative estimate of drug-likeness (QED) is 0.259. The van der Waals surface area contributed by atoms with Crippen LogP contribution in [-0.4, -0.2) is 36.5 Å². The first-order valence-electron chi connectivity index (χ1n) is 11.1. The van der Waals surface area contributed by atoms with Gasteiger partial charge in [-0.1, -0.05) is 35.9 Å². The molecule has 12 heteroatoms. The topological polar surface area (TPSA) is 168 Å². The molecule has 190 valence electrons. The number of aryl methyl sites for hydroxylation is 1. The minimum Gasteiger partial charge on any atom is -0.493 e. The maximum absolute atomic E-state index is 12.6. The Morgan fingerprint density at radius 3 is 2.30 bits per heavy atom. The van der Waals surface area contributed by atoms with Gasteiger partial charge in [0.1, 0.15) is 6.54 Å². The summed E-state index contributed by atoms with van der Waals surface area (Å²) in [6, 6.07) is 19.8. The summed E-state index contributed by atoms with van der Waals surface area (Å²) in [4.78, 5) is 24.9. The van der Waals surface area contributed by atoms with Crippen molar-refractivity contribution in [1.82, 2.24) is 4.57 Å². The number of nitrogens with zero attached hydrogens (tertiary/aromatic N) is 3. The summed E-state index contributed by atoms with van der Waals surface area (Å²) >= 11 is 0. The van der Waals surface area contributed by atoms with Crippen molar-refractivity contribution in [1.29, 1.82) is 0 Å². The van der Waals surface area contributed by atoms with E-state index in [-0.39, 0.29) is 35.5 Å². The van der Waals surface area contributed by atoms with Crippen LogP contribution in [0.1, 0.15) is 5.56 Å². The smallest absolute Gasteiger partial charge is 0.283 e. The molecule has 1 aromatic heterocycles. The normalized spacial score (nSPS) is 11.6. The van der Waals surface area contributed by atoms with Crippen molar-refractivity contribution in [2.24, 2.45) is 15.4 Å². The molecular formula is C25H24N6O5S. The average Bonchev–Trinajstić information content (AvgIpc) is 3.13. The highest BCUT2D eigenvalue weighted by Crippen LogP contribution is 2.38. The standard InChI is InChI=1S/C25H24N6O5S/c1-16-6-8-18(9-7-16)28-23(33)15-31-21-5-3-2-4-20(21)24(25(31)34)30-29-22(32)14-27-17-10-12-19(13-11-17)37(26,35)36/h2-13,27,34H,14-15H2,1H3,(H,28,33)(H2,26,35,36). The molecule has 2 amide bonds. The van der Waals surface area contributed by atoms with Crippen LogP contribution in [0.2, 0.25) is 0 Å². The van der Waals surface area contributed by atoms with Crippen molar-refractivity contribution >= 4 is 49.8 Å². The molecule has 0 saturated heterocycles. The summed E-state index contributed by atoms with van der Waals surface area (Å²) in [6.07, 6.45) is 0. The minimum atomic E-state index is -3.81. The molecule has 1 heterocycles. The zero-order chi connectivity index (χ0) is 26.6. The van der Waals surface area contributed by atoms with E-state index in [1.54, 1.807) is 36.4 Å². The van der Waals surface area contributed by atoms with Crippen LogP contribution in [0.25, 0.3) is 10.9 Å². The Kier molecular flexibility index (Phi) is 7.32. The third-order valence-electron chi connectivity index (χ3n) is 5.44. The van der Waals surface area contributed by atoms with Crippen molar-refractivity contribution in [3.63, 3.8) is 0 Å². The van der Waals surface area contributed by atoms with Crippen molar-refractivity contribution in [3.05, 3.63) is 78.4 Å². The molecule has 0 aliphatic carbocycles. The van der Waals surface area contributed by atoms with Gasteiger partial charge < -0.3 is 20.3 Å².